The Bertz CT molecular complexity index is 1060. The topological polar surface area (TPSA) is 76.2 Å². The van der Waals surface area contributed by atoms with Crippen molar-refractivity contribution in [3.05, 3.63) is 65.1 Å². The van der Waals surface area contributed by atoms with E-state index in [-0.39, 0.29) is 17.9 Å². The lowest BCUT2D eigenvalue weighted by molar-refractivity contribution is -0.274. The summed E-state index contributed by atoms with van der Waals surface area (Å²) >= 11 is 0. The number of aryl methyl sites for hydroxylation is 1. The van der Waals surface area contributed by atoms with Gasteiger partial charge in [-0.05, 0) is 42.8 Å². The fraction of sp³-hybridized carbons (Fsp3) is 0.200. The molecule has 1 amide bonds. The van der Waals surface area contributed by atoms with Crippen LogP contribution in [0.2, 0.25) is 0 Å². The number of H-pyrrole nitrogens is 1. The van der Waals surface area contributed by atoms with Crippen molar-refractivity contribution in [1.82, 2.24) is 15.5 Å². The number of ether oxygens (including phenoxy) is 2. The number of rotatable bonds is 6. The fourth-order valence-corrected chi connectivity index (χ4v) is 2.86. The number of halogens is 4. The SMILES string of the molecule is COc1c(F)cc(C)cc1-c1cc(CNC(=O)c2ccccc2OC(F)(F)F)[nH]n1. The first-order valence-corrected chi connectivity index (χ1v) is 8.69. The van der Waals surface area contributed by atoms with Gasteiger partial charge in [-0.3, -0.25) is 9.89 Å². The number of para-hydroxylation sites is 1. The number of alkyl halides is 3. The van der Waals surface area contributed by atoms with Crippen LogP contribution >= 0.6 is 0 Å². The van der Waals surface area contributed by atoms with E-state index in [1.54, 1.807) is 19.1 Å². The molecule has 0 atom stereocenters. The van der Waals surface area contributed by atoms with Crippen molar-refractivity contribution in [2.75, 3.05) is 7.11 Å². The molecule has 0 spiro atoms. The highest BCUT2D eigenvalue weighted by Crippen LogP contribution is 2.32. The first-order valence-electron chi connectivity index (χ1n) is 8.69. The zero-order chi connectivity index (χ0) is 21.9. The summed E-state index contributed by atoms with van der Waals surface area (Å²) in [5.41, 5.74) is 1.67. The van der Waals surface area contributed by atoms with E-state index in [9.17, 15) is 22.4 Å². The number of hydrogen-bond acceptors (Lipinski definition) is 4. The predicted octanol–water partition coefficient (Wildman–Crippen LogP) is 4.36. The molecular formula is C20H17F4N3O3. The second-order valence-electron chi connectivity index (χ2n) is 6.33. The molecule has 0 unspecified atom stereocenters. The molecule has 10 heteroatoms. The molecule has 0 aliphatic heterocycles. The van der Waals surface area contributed by atoms with Crippen molar-refractivity contribution in [2.24, 2.45) is 0 Å². The van der Waals surface area contributed by atoms with E-state index in [4.69, 9.17) is 4.74 Å². The molecule has 2 N–H and O–H groups in total. The number of carbonyl (C=O) groups excluding carboxylic acids is 1. The second-order valence-corrected chi connectivity index (χ2v) is 6.33. The molecule has 30 heavy (non-hydrogen) atoms. The van der Waals surface area contributed by atoms with Gasteiger partial charge in [-0.1, -0.05) is 12.1 Å². The Kier molecular flexibility index (Phi) is 5.95. The number of amides is 1. The molecule has 0 aliphatic rings. The number of hydrogen-bond donors (Lipinski definition) is 2. The van der Waals surface area contributed by atoms with Gasteiger partial charge >= 0.3 is 6.36 Å². The van der Waals surface area contributed by atoms with E-state index in [0.29, 0.717) is 22.5 Å². The minimum Gasteiger partial charge on any atom is -0.493 e. The summed E-state index contributed by atoms with van der Waals surface area (Å²) in [5.74, 6) is -1.87. The van der Waals surface area contributed by atoms with Gasteiger partial charge in [0.15, 0.2) is 11.6 Å². The third kappa shape index (κ3) is 4.88. The smallest absolute Gasteiger partial charge is 0.493 e. The highest BCUT2D eigenvalue weighted by molar-refractivity contribution is 5.96. The van der Waals surface area contributed by atoms with Crippen LogP contribution in [0.1, 0.15) is 21.6 Å². The molecule has 0 radical (unpaired) electrons. The van der Waals surface area contributed by atoms with Crippen LogP contribution in [0.4, 0.5) is 17.6 Å². The molecule has 0 bridgehead atoms. The van der Waals surface area contributed by atoms with Gasteiger partial charge in [0.05, 0.1) is 30.6 Å². The zero-order valence-electron chi connectivity index (χ0n) is 15.9. The molecule has 0 saturated carbocycles. The van der Waals surface area contributed by atoms with Gasteiger partial charge < -0.3 is 14.8 Å². The Morgan fingerprint density at radius 3 is 2.63 bits per heavy atom. The number of nitrogens with zero attached hydrogens (tertiary/aromatic N) is 1. The van der Waals surface area contributed by atoms with E-state index >= 15 is 0 Å². The lowest BCUT2D eigenvalue weighted by Gasteiger charge is -2.12. The standard InChI is InChI=1S/C20H17F4N3O3/c1-11-7-14(18(29-2)15(21)8-11)16-9-12(26-27-16)10-25-19(28)13-5-3-4-6-17(13)30-20(22,23)24/h3-9H,10H2,1-2H3,(H,25,28)(H,26,27). The van der Waals surface area contributed by atoms with E-state index in [1.165, 1.54) is 31.4 Å². The van der Waals surface area contributed by atoms with Crippen molar-refractivity contribution < 1.29 is 31.8 Å². The highest BCUT2D eigenvalue weighted by Gasteiger charge is 2.32. The minimum absolute atomic E-state index is 0.0286. The van der Waals surface area contributed by atoms with Gasteiger partial charge in [-0.2, -0.15) is 5.10 Å². The van der Waals surface area contributed by atoms with Gasteiger partial charge in [0.25, 0.3) is 5.91 Å². The summed E-state index contributed by atoms with van der Waals surface area (Å²) in [6.45, 7) is 1.67. The Morgan fingerprint density at radius 1 is 1.20 bits per heavy atom. The van der Waals surface area contributed by atoms with Crippen LogP contribution in [-0.2, 0) is 6.54 Å². The lowest BCUT2D eigenvalue weighted by atomic mass is 10.1. The van der Waals surface area contributed by atoms with Crippen LogP contribution < -0.4 is 14.8 Å². The van der Waals surface area contributed by atoms with E-state index in [0.717, 1.165) is 6.07 Å². The van der Waals surface area contributed by atoms with Crippen LogP contribution in [-0.4, -0.2) is 29.6 Å². The van der Waals surface area contributed by atoms with E-state index < -0.39 is 23.8 Å². The van der Waals surface area contributed by atoms with Gasteiger partial charge in [0.1, 0.15) is 5.75 Å². The largest absolute Gasteiger partial charge is 0.573 e. The van der Waals surface area contributed by atoms with E-state index in [2.05, 4.69) is 20.3 Å². The Morgan fingerprint density at radius 2 is 1.93 bits per heavy atom. The number of aromatic amines is 1. The number of aromatic nitrogens is 2. The van der Waals surface area contributed by atoms with Crippen molar-refractivity contribution in [2.45, 2.75) is 19.8 Å². The number of methoxy groups -OCH3 is 1. The second kappa shape index (κ2) is 8.44. The van der Waals surface area contributed by atoms with Gasteiger partial charge in [-0.15, -0.1) is 13.2 Å². The summed E-state index contributed by atoms with van der Waals surface area (Å²) in [4.78, 5) is 12.3. The summed E-state index contributed by atoms with van der Waals surface area (Å²) in [6.07, 6.45) is -4.92. The molecular weight excluding hydrogens is 406 g/mol. The first kappa shape index (κ1) is 21.2. The third-order valence-electron chi connectivity index (χ3n) is 4.10. The quantitative estimate of drug-likeness (QED) is 0.578. The predicted molar refractivity (Wildman–Crippen MR) is 99.6 cm³/mol. The highest BCUT2D eigenvalue weighted by atomic mass is 19.4. The Balaban J connectivity index is 1.75. The van der Waals surface area contributed by atoms with Gasteiger partial charge in [-0.25, -0.2) is 4.39 Å². The third-order valence-corrected chi connectivity index (χ3v) is 4.10. The molecule has 1 heterocycles. The summed E-state index contributed by atoms with van der Waals surface area (Å²) in [5, 5.41) is 9.29. The van der Waals surface area contributed by atoms with Gasteiger partial charge in [0.2, 0.25) is 0 Å². The normalized spacial score (nSPS) is 11.3. The van der Waals surface area contributed by atoms with Crippen LogP contribution in [0.15, 0.2) is 42.5 Å². The number of nitrogens with one attached hydrogen (secondary N) is 2. The molecule has 0 fully saturated rings. The van der Waals surface area contributed by atoms with Crippen LogP contribution in [0.3, 0.4) is 0 Å². The average Bonchev–Trinajstić information content (AvgIpc) is 3.13. The Labute approximate surface area is 168 Å². The fourth-order valence-electron chi connectivity index (χ4n) is 2.86. The maximum atomic E-state index is 14.1. The number of benzene rings is 2. The molecule has 1 aromatic heterocycles. The molecule has 3 aromatic rings. The molecule has 6 nitrogen and oxygen atoms in total. The molecule has 3 rings (SSSR count). The molecule has 2 aromatic carbocycles. The minimum atomic E-state index is -4.92. The molecule has 158 valence electrons. The number of carbonyl (C=O) groups is 1. The van der Waals surface area contributed by atoms with Crippen molar-refractivity contribution in [1.29, 1.82) is 0 Å². The molecule has 0 aliphatic carbocycles. The van der Waals surface area contributed by atoms with Crippen LogP contribution in [0.25, 0.3) is 11.3 Å². The first-order chi connectivity index (χ1) is 14.2. The lowest BCUT2D eigenvalue weighted by Crippen LogP contribution is -2.25. The Hall–Kier alpha value is -3.56. The van der Waals surface area contributed by atoms with Crippen LogP contribution in [0, 0.1) is 12.7 Å². The monoisotopic (exact) mass is 423 g/mol. The zero-order valence-corrected chi connectivity index (χ0v) is 15.9. The van der Waals surface area contributed by atoms with Crippen molar-refractivity contribution in [3.8, 4) is 22.8 Å². The van der Waals surface area contributed by atoms with Gasteiger partial charge in [0, 0.05) is 5.56 Å². The summed E-state index contributed by atoms with van der Waals surface area (Å²) in [7, 11) is 1.34. The van der Waals surface area contributed by atoms with Crippen LogP contribution in [0.5, 0.6) is 11.5 Å². The maximum absolute atomic E-state index is 14.1. The van der Waals surface area contributed by atoms with Crippen molar-refractivity contribution in [3.63, 3.8) is 0 Å². The van der Waals surface area contributed by atoms with Crippen molar-refractivity contribution >= 4 is 5.91 Å². The summed E-state index contributed by atoms with van der Waals surface area (Å²) in [6, 6.07) is 9.62. The molecule has 0 saturated heterocycles. The average molecular weight is 423 g/mol. The summed E-state index contributed by atoms with van der Waals surface area (Å²) < 4.78 is 60.6. The maximum Gasteiger partial charge on any atom is 0.573 e. The van der Waals surface area contributed by atoms with E-state index in [1.807, 2.05) is 0 Å².